The van der Waals surface area contributed by atoms with Gasteiger partial charge in [-0.25, -0.2) is 4.79 Å². The van der Waals surface area contributed by atoms with Gasteiger partial charge >= 0.3 is 6.16 Å². The summed E-state index contributed by atoms with van der Waals surface area (Å²) in [6.45, 7) is 7.86. The van der Waals surface area contributed by atoms with E-state index < -0.39 is 6.16 Å². The van der Waals surface area contributed by atoms with Crippen molar-refractivity contribution < 1.29 is 14.3 Å². The lowest BCUT2D eigenvalue weighted by atomic mass is 9.86. The minimum Gasteiger partial charge on any atom is -0.434 e. The van der Waals surface area contributed by atoms with Crippen LogP contribution in [0.3, 0.4) is 0 Å². The first kappa shape index (κ1) is 16.4. The maximum absolute atomic E-state index is 11.8. The van der Waals surface area contributed by atoms with Crippen molar-refractivity contribution in [2.45, 2.75) is 33.6 Å². The van der Waals surface area contributed by atoms with E-state index in [9.17, 15) is 4.79 Å². The molecule has 0 aromatic heterocycles. The fourth-order valence-corrected chi connectivity index (χ4v) is 2.77. The average molecular weight is 322 g/mol. The molecule has 0 saturated heterocycles. The molecule has 5 heteroatoms. The molecule has 1 aliphatic rings. The number of hydrogen-bond donors (Lipinski definition) is 1. The molecule has 2 rings (SSSR count). The van der Waals surface area contributed by atoms with E-state index >= 15 is 0 Å². The van der Waals surface area contributed by atoms with Gasteiger partial charge in [0.15, 0.2) is 0 Å². The van der Waals surface area contributed by atoms with Gasteiger partial charge in [-0.05, 0) is 44.9 Å². The minimum absolute atomic E-state index is 0.209. The van der Waals surface area contributed by atoms with Crippen molar-refractivity contribution in [1.82, 2.24) is 5.32 Å². The van der Waals surface area contributed by atoms with Crippen LogP contribution in [0.1, 0.15) is 39.2 Å². The molecule has 1 N–H and O–H groups in total. The summed E-state index contributed by atoms with van der Waals surface area (Å²) >= 11 is 6.34. The highest BCUT2D eigenvalue weighted by Crippen LogP contribution is 2.40. The summed E-state index contributed by atoms with van der Waals surface area (Å²) in [4.78, 5) is 11.8. The van der Waals surface area contributed by atoms with Crippen LogP contribution < -0.4 is 5.32 Å². The fraction of sp³-hybridized carbons (Fsp3) is 0.353. The first-order chi connectivity index (χ1) is 10.5. The molecule has 4 nitrogen and oxygen atoms in total. The molecule has 0 fully saturated rings. The number of benzene rings is 1. The van der Waals surface area contributed by atoms with Crippen LogP contribution in [-0.2, 0) is 9.47 Å². The molecule has 1 unspecified atom stereocenters. The summed E-state index contributed by atoms with van der Waals surface area (Å²) in [7, 11) is 0. The van der Waals surface area contributed by atoms with Gasteiger partial charge in [0.05, 0.1) is 18.2 Å². The maximum atomic E-state index is 11.8. The Kier molecular flexibility index (Phi) is 5.14. The number of allylic oxidation sites excluding steroid dienone is 3. The Hall–Kier alpha value is -1.94. The van der Waals surface area contributed by atoms with Crippen molar-refractivity contribution >= 4 is 17.8 Å². The van der Waals surface area contributed by atoms with Crippen LogP contribution in [0, 0.1) is 0 Å². The summed E-state index contributed by atoms with van der Waals surface area (Å²) in [5.74, 6) is 0.314. The number of carbonyl (C=O) groups excluding carboxylic acids is 1. The quantitative estimate of drug-likeness (QED) is 0.818. The molecular formula is C17H20ClNO3. The van der Waals surface area contributed by atoms with Crippen molar-refractivity contribution in [3.05, 3.63) is 57.6 Å². The Morgan fingerprint density at radius 1 is 1.23 bits per heavy atom. The zero-order valence-corrected chi connectivity index (χ0v) is 14.0. The molecule has 1 aromatic carbocycles. The lowest BCUT2D eigenvalue weighted by molar-refractivity contribution is 0.0770. The van der Waals surface area contributed by atoms with E-state index in [0.717, 1.165) is 22.5 Å². The van der Waals surface area contributed by atoms with Crippen molar-refractivity contribution in [3.63, 3.8) is 0 Å². The number of hydrogen-bond acceptors (Lipinski definition) is 4. The molecule has 0 bridgehead atoms. The summed E-state index contributed by atoms with van der Waals surface area (Å²) in [5.41, 5.74) is 3.76. The van der Waals surface area contributed by atoms with Gasteiger partial charge in [0.1, 0.15) is 5.76 Å². The van der Waals surface area contributed by atoms with Gasteiger partial charge in [0.2, 0.25) is 0 Å². The number of rotatable bonds is 3. The number of carbonyl (C=O) groups is 1. The third kappa shape index (κ3) is 3.28. The average Bonchev–Trinajstić information content (AvgIpc) is 2.47. The number of halogens is 1. The predicted octanol–water partition coefficient (Wildman–Crippen LogP) is 4.73. The number of nitrogens with one attached hydrogen (secondary N) is 1. The van der Waals surface area contributed by atoms with Crippen LogP contribution in [0.15, 0.2) is 47.0 Å². The van der Waals surface area contributed by atoms with Gasteiger partial charge in [-0.15, -0.1) is 0 Å². The van der Waals surface area contributed by atoms with E-state index in [1.54, 1.807) is 6.92 Å². The Bertz CT molecular complexity index is 649. The summed E-state index contributed by atoms with van der Waals surface area (Å²) in [6.07, 6.45) is -0.706. The summed E-state index contributed by atoms with van der Waals surface area (Å²) in [5, 5.41) is 3.87. The molecule has 0 amide bonds. The van der Waals surface area contributed by atoms with Crippen molar-refractivity contribution in [2.24, 2.45) is 0 Å². The van der Waals surface area contributed by atoms with Crippen LogP contribution in [0.4, 0.5) is 4.79 Å². The van der Waals surface area contributed by atoms with E-state index in [1.807, 2.05) is 45.0 Å². The molecule has 22 heavy (non-hydrogen) atoms. The second kappa shape index (κ2) is 6.88. The van der Waals surface area contributed by atoms with E-state index in [1.165, 1.54) is 0 Å². The molecule has 1 aromatic rings. The smallest absolute Gasteiger partial charge is 0.434 e. The molecule has 118 valence electrons. The Labute approximate surface area is 135 Å². The van der Waals surface area contributed by atoms with Crippen molar-refractivity contribution in [2.75, 3.05) is 6.61 Å². The van der Waals surface area contributed by atoms with E-state index in [2.05, 4.69) is 5.32 Å². The second-order valence-corrected chi connectivity index (χ2v) is 5.57. The molecule has 1 atom stereocenters. The second-order valence-electron chi connectivity index (χ2n) is 5.16. The Morgan fingerprint density at radius 2 is 1.91 bits per heavy atom. The van der Waals surface area contributed by atoms with Crippen LogP contribution >= 0.6 is 11.6 Å². The van der Waals surface area contributed by atoms with E-state index in [0.29, 0.717) is 10.8 Å². The van der Waals surface area contributed by atoms with E-state index in [-0.39, 0.29) is 12.5 Å². The molecule has 1 aliphatic heterocycles. The lowest BCUT2D eigenvalue weighted by Crippen LogP contribution is -2.26. The molecule has 0 radical (unpaired) electrons. The summed E-state index contributed by atoms with van der Waals surface area (Å²) in [6, 6.07) is 7.57. The van der Waals surface area contributed by atoms with Crippen LogP contribution in [0.25, 0.3) is 0 Å². The highest BCUT2D eigenvalue weighted by molar-refractivity contribution is 6.31. The van der Waals surface area contributed by atoms with Gasteiger partial charge < -0.3 is 14.8 Å². The van der Waals surface area contributed by atoms with Gasteiger partial charge in [0, 0.05) is 10.7 Å². The monoisotopic (exact) mass is 321 g/mol. The molecule has 1 heterocycles. The molecule has 0 spiro atoms. The molecule has 0 saturated carbocycles. The van der Waals surface area contributed by atoms with Crippen LogP contribution in [0.5, 0.6) is 0 Å². The largest absolute Gasteiger partial charge is 0.513 e. The molecular weight excluding hydrogens is 302 g/mol. The first-order valence-electron chi connectivity index (χ1n) is 7.19. The minimum atomic E-state index is -0.706. The van der Waals surface area contributed by atoms with Gasteiger partial charge in [-0.2, -0.15) is 0 Å². The first-order valence-corrected chi connectivity index (χ1v) is 7.57. The van der Waals surface area contributed by atoms with Gasteiger partial charge in [-0.3, -0.25) is 0 Å². The summed E-state index contributed by atoms with van der Waals surface area (Å²) < 4.78 is 10.3. The zero-order chi connectivity index (χ0) is 16.3. The topological polar surface area (TPSA) is 47.6 Å². The highest BCUT2D eigenvalue weighted by atomic mass is 35.5. The maximum Gasteiger partial charge on any atom is 0.513 e. The van der Waals surface area contributed by atoms with Crippen LogP contribution in [0.2, 0.25) is 5.02 Å². The highest BCUT2D eigenvalue weighted by Gasteiger charge is 2.31. The third-order valence-electron chi connectivity index (χ3n) is 3.70. The standard InChI is InChI=1S/C17H20ClNO3/c1-5-21-17(20)22-16-12(4)19-11(3)10(2)15(16)13-8-6-7-9-14(13)18/h6-9,15,19H,5H2,1-4H3. The van der Waals surface area contributed by atoms with E-state index in [4.69, 9.17) is 21.1 Å². The van der Waals surface area contributed by atoms with Crippen LogP contribution in [-0.4, -0.2) is 12.8 Å². The number of dihydropyridines is 1. The van der Waals surface area contributed by atoms with Gasteiger partial charge in [-0.1, -0.05) is 29.8 Å². The predicted molar refractivity (Wildman–Crippen MR) is 86.5 cm³/mol. The van der Waals surface area contributed by atoms with Crippen molar-refractivity contribution in [1.29, 1.82) is 0 Å². The number of ether oxygens (including phenoxy) is 2. The Morgan fingerprint density at radius 3 is 2.55 bits per heavy atom. The van der Waals surface area contributed by atoms with Crippen molar-refractivity contribution in [3.8, 4) is 0 Å². The zero-order valence-electron chi connectivity index (χ0n) is 13.2. The SMILES string of the molecule is CCOC(=O)OC1=C(C)NC(C)=C(C)C1c1ccccc1Cl. The van der Waals surface area contributed by atoms with Gasteiger partial charge in [0.25, 0.3) is 0 Å². The third-order valence-corrected chi connectivity index (χ3v) is 4.05. The normalized spacial score (nSPS) is 18.1. The lowest BCUT2D eigenvalue weighted by Gasteiger charge is -2.30. The fourth-order valence-electron chi connectivity index (χ4n) is 2.53. The molecule has 0 aliphatic carbocycles. The Balaban J connectivity index is 2.46.